The second kappa shape index (κ2) is 5.73. The smallest absolute Gasteiger partial charge is 0.341 e. The topological polar surface area (TPSA) is 71.3 Å². The number of carboxylic acid groups (broad SMARTS) is 1. The fourth-order valence-corrected chi connectivity index (χ4v) is 2.69. The van der Waals surface area contributed by atoms with Crippen LogP contribution in [0.5, 0.6) is 0 Å². The summed E-state index contributed by atoms with van der Waals surface area (Å²) in [5, 5.41) is 11.8. The van der Waals surface area contributed by atoms with Crippen LogP contribution in [0, 0.1) is 11.6 Å². The van der Waals surface area contributed by atoms with Crippen molar-refractivity contribution >= 4 is 16.9 Å². The van der Waals surface area contributed by atoms with E-state index in [4.69, 9.17) is 5.11 Å². The minimum absolute atomic E-state index is 0.00362. The normalized spacial score (nSPS) is 14.4. The summed E-state index contributed by atoms with van der Waals surface area (Å²) in [7, 11) is 0. The summed E-state index contributed by atoms with van der Waals surface area (Å²) in [4.78, 5) is 23.5. The number of hydrogen-bond donors (Lipinski definition) is 2. The van der Waals surface area contributed by atoms with Gasteiger partial charge in [-0.05, 0) is 25.5 Å². The first kappa shape index (κ1) is 15.6. The Morgan fingerprint density at radius 3 is 2.70 bits per heavy atom. The molecule has 0 atom stereocenters. The molecule has 2 N–H and O–H groups in total. The van der Waals surface area contributed by atoms with Gasteiger partial charge in [0.2, 0.25) is 5.43 Å². The molecule has 2 aromatic rings. The average molecular weight is 322 g/mol. The van der Waals surface area contributed by atoms with Crippen molar-refractivity contribution in [3.8, 4) is 0 Å². The summed E-state index contributed by atoms with van der Waals surface area (Å²) in [6.07, 6.45) is 2.72. The molecule has 1 heterocycles. The molecule has 0 unspecified atom stereocenters. The van der Waals surface area contributed by atoms with Gasteiger partial charge in [0.1, 0.15) is 11.4 Å². The minimum Gasteiger partial charge on any atom is -0.477 e. The zero-order valence-electron chi connectivity index (χ0n) is 12.5. The largest absolute Gasteiger partial charge is 0.477 e. The molecule has 0 amide bonds. The molecular formula is C16H16F2N2O3. The third-order valence-corrected chi connectivity index (χ3v) is 4.03. The fourth-order valence-electron chi connectivity index (χ4n) is 2.69. The maximum absolute atomic E-state index is 14.8. The van der Waals surface area contributed by atoms with E-state index >= 15 is 0 Å². The molecule has 23 heavy (non-hydrogen) atoms. The van der Waals surface area contributed by atoms with E-state index in [1.54, 1.807) is 0 Å². The second-order valence-electron chi connectivity index (χ2n) is 5.64. The third kappa shape index (κ3) is 2.61. The van der Waals surface area contributed by atoms with Gasteiger partial charge in [-0.3, -0.25) is 4.79 Å². The highest BCUT2D eigenvalue weighted by atomic mass is 19.1. The molecular weight excluding hydrogens is 306 g/mol. The number of hydrogen-bond acceptors (Lipinski definition) is 3. The summed E-state index contributed by atoms with van der Waals surface area (Å²) in [6.45, 7) is 2.37. The monoisotopic (exact) mass is 322 g/mol. The lowest BCUT2D eigenvalue weighted by Gasteiger charge is -2.15. The van der Waals surface area contributed by atoms with E-state index in [0.717, 1.165) is 18.9 Å². The molecule has 1 saturated carbocycles. The molecule has 0 saturated heterocycles. The summed E-state index contributed by atoms with van der Waals surface area (Å²) >= 11 is 0. The van der Waals surface area contributed by atoms with E-state index < -0.39 is 28.6 Å². The first-order valence-corrected chi connectivity index (χ1v) is 7.45. The second-order valence-corrected chi connectivity index (χ2v) is 5.64. The van der Waals surface area contributed by atoms with Gasteiger partial charge < -0.3 is 15.0 Å². The maximum atomic E-state index is 14.8. The molecule has 122 valence electrons. The summed E-state index contributed by atoms with van der Waals surface area (Å²) in [5.74, 6) is -3.05. The number of pyridine rings is 1. The first-order valence-electron chi connectivity index (χ1n) is 7.45. The number of nitrogens with one attached hydrogen (secondary N) is 1. The van der Waals surface area contributed by atoms with E-state index in [0.29, 0.717) is 6.54 Å². The van der Waals surface area contributed by atoms with Crippen molar-refractivity contribution in [3.05, 3.63) is 45.2 Å². The van der Waals surface area contributed by atoms with Crippen molar-refractivity contribution in [2.24, 2.45) is 0 Å². The van der Waals surface area contributed by atoms with E-state index in [1.165, 1.54) is 10.8 Å². The molecule has 1 aliphatic rings. The Morgan fingerprint density at radius 2 is 2.13 bits per heavy atom. The Hall–Kier alpha value is -2.28. The molecule has 7 heteroatoms. The Bertz CT molecular complexity index is 857. The average Bonchev–Trinajstić information content (AvgIpc) is 3.32. The number of benzene rings is 1. The lowest BCUT2D eigenvalue weighted by Crippen LogP contribution is -2.21. The lowest BCUT2D eigenvalue weighted by molar-refractivity contribution is 0.0695. The van der Waals surface area contributed by atoms with Crippen LogP contribution in [0.15, 0.2) is 17.1 Å². The number of rotatable bonds is 5. The van der Waals surface area contributed by atoms with E-state index in [-0.39, 0.29) is 29.1 Å². The lowest BCUT2D eigenvalue weighted by atomic mass is 10.1. The molecule has 0 aliphatic heterocycles. The zero-order valence-corrected chi connectivity index (χ0v) is 12.5. The molecule has 0 spiro atoms. The Kier molecular flexibility index (Phi) is 3.89. The van der Waals surface area contributed by atoms with Gasteiger partial charge in [0, 0.05) is 24.3 Å². The van der Waals surface area contributed by atoms with E-state index in [1.807, 2.05) is 6.92 Å². The van der Waals surface area contributed by atoms with Crippen molar-refractivity contribution < 1.29 is 18.7 Å². The van der Waals surface area contributed by atoms with Gasteiger partial charge in [-0.1, -0.05) is 6.92 Å². The van der Waals surface area contributed by atoms with Gasteiger partial charge in [-0.15, -0.1) is 0 Å². The molecule has 1 aliphatic carbocycles. The van der Waals surface area contributed by atoms with Crippen molar-refractivity contribution in [1.82, 2.24) is 9.88 Å². The summed E-state index contributed by atoms with van der Waals surface area (Å²) < 4.78 is 30.5. The van der Waals surface area contributed by atoms with Crippen molar-refractivity contribution in [3.63, 3.8) is 0 Å². The maximum Gasteiger partial charge on any atom is 0.341 e. The summed E-state index contributed by atoms with van der Waals surface area (Å²) in [5.41, 5.74) is -1.49. The quantitative estimate of drug-likeness (QED) is 0.887. The highest BCUT2D eigenvalue weighted by Crippen LogP contribution is 2.38. The molecule has 0 radical (unpaired) electrons. The molecule has 1 aromatic carbocycles. The first-order chi connectivity index (χ1) is 11.0. The molecule has 3 rings (SSSR count). The van der Waals surface area contributed by atoms with Crippen molar-refractivity contribution in [2.45, 2.75) is 32.4 Å². The van der Waals surface area contributed by atoms with Crippen LogP contribution in [-0.2, 0) is 6.54 Å². The van der Waals surface area contributed by atoms with Crippen LogP contribution in [0.2, 0.25) is 0 Å². The van der Waals surface area contributed by atoms with Crippen LogP contribution in [0.3, 0.4) is 0 Å². The van der Waals surface area contributed by atoms with Gasteiger partial charge in [-0.2, -0.15) is 0 Å². The van der Waals surface area contributed by atoms with Gasteiger partial charge in [0.15, 0.2) is 5.82 Å². The van der Waals surface area contributed by atoms with Crippen LogP contribution in [-0.4, -0.2) is 22.2 Å². The Labute approximate surface area is 130 Å². The summed E-state index contributed by atoms with van der Waals surface area (Å²) in [6, 6.07) is 0.891. The number of aromatic nitrogens is 1. The van der Waals surface area contributed by atoms with Gasteiger partial charge in [0.25, 0.3) is 0 Å². The SMILES string of the molecule is CCNCc1c(F)cc2c(=O)c(C(=O)O)cn(C3CC3)c2c1F. The molecule has 1 fully saturated rings. The number of fused-ring (bicyclic) bond motifs is 1. The number of carboxylic acids is 1. The van der Waals surface area contributed by atoms with Crippen LogP contribution in [0.4, 0.5) is 8.78 Å². The fraction of sp³-hybridized carbons (Fsp3) is 0.375. The van der Waals surface area contributed by atoms with Crippen LogP contribution >= 0.6 is 0 Å². The van der Waals surface area contributed by atoms with E-state index in [9.17, 15) is 18.4 Å². The number of nitrogens with zero attached hydrogens (tertiary/aromatic N) is 1. The predicted octanol–water partition coefficient (Wildman–Crippen LogP) is 2.42. The number of aromatic carboxylic acids is 1. The molecule has 5 nitrogen and oxygen atoms in total. The molecule has 0 bridgehead atoms. The number of carbonyl (C=O) groups is 1. The van der Waals surface area contributed by atoms with Crippen molar-refractivity contribution in [2.75, 3.05) is 6.54 Å². The van der Waals surface area contributed by atoms with Gasteiger partial charge >= 0.3 is 5.97 Å². The van der Waals surface area contributed by atoms with Gasteiger partial charge in [0.05, 0.1) is 10.9 Å². The van der Waals surface area contributed by atoms with E-state index in [2.05, 4.69) is 5.32 Å². The van der Waals surface area contributed by atoms with Crippen molar-refractivity contribution in [1.29, 1.82) is 0 Å². The third-order valence-electron chi connectivity index (χ3n) is 4.03. The Balaban J connectivity index is 2.35. The highest BCUT2D eigenvalue weighted by molar-refractivity contribution is 5.93. The highest BCUT2D eigenvalue weighted by Gasteiger charge is 2.29. The minimum atomic E-state index is -1.40. The number of halogens is 2. The zero-order chi connectivity index (χ0) is 16.7. The standard InChI is InChI=1S/C16H16F2N2O3/c1-2-19-6-10-12(17)5-9-14(13(10)18)20(8-3-4-8)7-11(15(9)21)16(22)23/h5,7-8,19H,2-4,6H2,1H3,(H,22,23). The molecule has 1 aromatic heterocycles. The predicted molar refractivity (Wildman–Crippen MR) is 80.7 cm³/mol. The Morgan fingerprint density at radius 1 is 1.43 bits per heavy atom. The van der Waals surface area contributed by atoms with Crippen LogP contribution in [0.1, 0.15) is 41.7 Å². The van der Waals surface area contributed by atoms with Crippen LogP contribution in [0.25, 0.3) is 10.9 Å². The van der Waals surface area contributed by atoms with Crippen LogP contribution < -0.4 is 10.7 Å². The van der Waals surface area contributed by atoms with Gasteiger partial charge in [-0.25, -0.2) is 13.6 Å².